The lowest BCUT2D eigenvalue weighted by atomic mass is 10.2. The van der Waals surface area contributed by atoms with Gasteiger partial charge < -0.3 is 40.2 Å². The zero-order chi connectivity index (χ0) is 19.7. The van der Waals surface area contributed by atoms with Gasteiger partial charge in [-0.1, -0.05) is 17.7 Å². The smallest absolute Gasteiger partial charge is 0.361 e. The van der Waals surface area contributed by atoms with Crippen LogP contribution in [0.3, 0.4) is 0 Å². The van der Waals surface area contributed by atoms with Crippen LogP contribution in [0, 0.1) is 6.92 Å². The number of anilines is 2. The topological polar surface area (TPSA) is 113 Å². The first-order valence-electron chi connectivity index (χ1n) is 8.64. The molecule has 0 aliphatic carbocycles. The van der Waals surface area contributed by atoms with Crippen LogP contribution in [0.1, 0.15) is 35.7 Å². The summed E-state index contributed by atoms with van der Waals surface area (Å²) in [6.45, 7) is 7.71. The van der Waals surface area contributed by atoms with E-state index in [1.54, 1.807) is 0 Å². The molecule has 3 rings (SSSR count). The molecule has 1 aromatic carbocycles. The van der Waals surface area contributed by atoms with Gasteiger partial charge >= 0.3 is 5.97 Å². The Morgan fingerprint density at radius 2 is 1.96 bits per heavy atom. The molecule has 10 heteroatoms. The number of aryl methyl sites for hydroxylation is 3. The number of hydrogen-bond donors (Lipinski definition) is 2. The molecule has 150 valence electrons. The van der Waals surface area contributed by atoms with Crippen LogP contribution in [0.4, 0.5) is 11.6 Å². The van der Waals surface area contributed by atoms with Crippen LogP contribution in [0.15, 0.2) is 18.2 Å². The lowest BCUT2D eigenvalue weighted by Gasteiger charge is -2.07. The summed E-state index contributed by atoms with van der Waals surface area (Å²) in [5, 5.41) is -0.0853. The van der Waals surface area contributed by atoms with Gasteiger partial charge in [-0.05, 0) is 38.5 Å². The van der Waals surface area contributed by atoms with Gasteiger partial charge in [-0.25, -0.2) is 23.9 Å². The fourth-order valence-corrected chi connectivity index (χ4v) is 3.28. The first-order chi connectivity index (χ1) is 12.9. The largest absolute Gasteiger partial charge is 1.00 e. The number of rotatable bonds is 5. The standard InChI is InChI=1S/C18H21ClN6O2.HI/c1-4-24-11-7-6-10(3)8-12(11)25(5-2)13(24)9-27-18(26)14-16(20)23-17(21)15(19)22-14;/h6-8H,4-5,9H2,1-3H3,(H3-,20,21,23,26);1H. The molecule has 4 N–H and O–H groups in total. The number of halogens is 2. The number of ether oxygens (including phenoxy) is 1. The summed E-state index contributed by atoms with van der Waals surface area (Å²) in [7, 11) is 0. The Balaban J connectivity index is 0.00000280. The maximum absolute atomic E-state index is 12.4. The van der Waals surface area contributed by atoms with Crippen LogP contribution >= 0.6 is 11.6 Å². The van der Waals surface area contributed by atoms with E-state index >= 15 is 0 Å². The van der Waals surface area contributed by atoms with Gasteiger partial charge in [0.25, 0.3) is 5.82 Å². The molecule has 0 saturated heterocycles. The summed E-state index contributed by atoms with van der Waals surface area (Å²) in [6, 6.07) is 6.27. The van der Waals surface area contributed by atoms with E-state index < -0.39 is 5.97 Å². The molecular formula is C18H22ClIN6O2. The molecule has 0 aliphatic heterocycles. The Morgan fingerprint density at radius 1 is 1.25 bits per heavy atom. The van der Waals surface area contributed by atoms with Crippen molar-refractivity contribution in [1.29, 1.82) is 0 Å². The average Bonchev–Trinajstić information content (AvgIpc) is 2.94. The molecule has 0 aliphatic rings. The van der Waals surface area contributed by atoms with Gasteiger partial charge in [0.1, 0.15) is 0 Å². The molecule has 0 bridgehead atoms. The van der Waals surface area contributed by atoms with Crippen molar-refractivity contribution >= 4 is 40.2 Å². The highest BCUT2D eigenvalue weighted by Crippen LogP contribution is 2.20. The lowest BCUT2D eigenvalue weighted by Crippen LogP contribution is -3.00. The van der Waals surface area contributed by atoms with Crippen molar-refractivity contribution in [3.8, 4) is 0 Å². The van der Waals surface area contributed by atoms with E-state index in [1.807, 2.05) is 6.92 Å². The van der Waals surface area contributed by atoms with Crippen molar-refractivity contribution in [2.75, 3.05) is 11.5 Å². The van der Waals surface area contributed by atoms with Crippen LogP contribution in [0.5, 0.6) is 0 Å². The van der Waals surface area contributed by atoms with Gasteiger partial charge in [-0.15, -0.1) is 0 Å². The zero-order valence-electron chi connectivity index (χ0n) is 15.9. The molecule has 0 radical (unpaired) electrons. The Bertz CT molecular complexity index is 1040. The van der Waals surface area contributed by atoms with Gasteiger partial charge in [0, 0.05) is 0 Å². The number of fused-ring (bicyclic) bond motifs is 1. The number of imidazole rings is 1. The quantitative estimate of drug-likeness (QED) is 0.262. The van der Waals surface area contributed by atoms with Gasteiger partial charge in [0.15, 0.2) is 40.1 Å². The third kappa shape index (κ3) is 4.00. The maximum atomic E-state index is 12.4. The van der Waals surface area contributed by atoms with Crippen LogP contribution < -0.4 is 40.0 Å². The van der Waals surface area contributed by atoms with E-state index in [0.29, 0.717) is 0 Å². The number of esters is 1. The third-order valence-electron chi connectivity index (χ3n) is 4.40. The summed E-state index contributed by atoms with van der Waals surface area (Å²) in [4.78, 5) is 20.1. The summed E-state index contributed by atoms with van der Waals surface area (Å²) >= 11 is 5.84. The van der Waals surface area contributed by atoms with E-state index in [4.69, 9.17) is 27.8 Å². The molecule has 8 nitrogen and oxygen atoms in total. The Kier molecular flexibility index (Phi) is 7.05. The van der Waals surface area contributed by atoms with Gasteiger partial charge in [-0.2, -0.15) is 0 Å². The van der Waals surface area contributed by atoms with Crippen molar-refractivity contribution in [2.45, 2.75) is 40.5 Å². The molecule has 0 saturated carbocycles. The van der Waals surface area contributed by atoms with Crippen molar-refractivity contribution in [1.82, 2.24) is 14.5 Å². The number of carbonyl (C=O) groups is 1. The van der Waals surface area contributed by atoms with E-state index in [0.717, 1.165) is 29.9 Å². The highest BCUT2D eigenvalue weighted by Gasteiger charge is 2.26. The van der Waals surface area contributed by atoms with Crippen molar-refractivity contribution < 1.29 is 38.1 Å². The molecule has 0 atom stereocenters. The van der Waals surface area contributed by atoms with Gasteiger partial charge in [0.05, 0.1) is 13.1 Å². The number of carbonyl (C=O) groups excluding carboxylic acids is 1. The Hall–Kier alpha value is -2.14. The molecular weight excluding hydrogens is 495 g/mol. The number of benzene rings is 1. The van der Waals surface area contributed by atoms with Crippen molar-refractivity contribution in [2.24, 2.45) is 0 Å². The SMILES string of the molecule is CCn1c(COC(=O)c2nc(Cl)c(N)nc2N)[n+](CC)c2ccc(C)cc21.[I-]. The molecule has 2 heterocycles. The molecule has 0 spiro atoms. The minimum absolute atomic E-state index is 0. The first kappa shape index (κ1) is 22.2. The third-order valence-corrected chi connectivity index (χ3v) is 4.68. The summed E-state index contributed by atoms with van der Waals surface area (Å²) in [5.41, 5.74) is 14.5. The first-order valence-corrected chi connectivity index (χ1v) is 9.02. The average molecular weight is 517 g/mol. The van der Waals surface area contributed by atoms with Gasteiger partial charge in [-0.3, -0.25) is 0 Å². The second-order valence-corrected chi connectivity index (χ2v) is 6.46. The monoisotopic (exact) mass is 516 g/mol. The fraction of sp³-hybridized carbons (Fsp3) is 0.333. The minimum Gasteiger partial charge on any atom is -1.00 e. The number of nitrogen functional groups attached to an aromatic ring is 2. The predicted octanol–water partition coefficient (Wildman–Crippen LogP) is -0.754. The Morgan fingerprint density at radius 3 is 2.61 bits per heavy atom. The minimum atomic E-state index is -0.700. The molecule has 0 amide bonds. The van der Waals surface area contributed by atoms with E-state index in [-0.39, 0.29) is 53.1 Å². The number of aromatic nitrogens is 4. The highest BCUT2D eigenvalue weighted by atomic mass is 127. The summed E-state index contributed by atoms with van der Waals surface area (Å²) in [6.07, 6.45) is 0. The normalized spacial score (nSPS) is 10.7. The highest BCUT2D eigenvalue weighted by molar-refractivity contribution is 6.31. The lowest BCUT2D eigenvalue weighted by molar-refractivity contribution is -0.678. The van der Waals surface area contributed by atoms with E-state index in [2.05, 4.69) is 51.1 Å². The summed E-state index contributed by atoms with van der Waals surface area (Å²) in [5.74, 6) is 0.0311. The number of nitrogens with two attached hydrogens (primary N) is 2. The summed E-state index contributed by atoms with van der Waals surface area (Å²) < 4.78 is 9.72. The molecule has 3 aromatic rings. The van der Waals surface area contributed by atoms with Gasteiger partial charge in [0.2, 0.25) is 0 Å². The molecule has 0 unspecified atom stereocenters. The van der Waals surface area contributed by atoms with Crippen molar-refractivity contribution in [3.05, 3.63) is 40.4 Å². The number of nitrogens with zero attached hydrogens (tertiary/aromatic N) is 4. The second-order valence-electron chi connectivity index (χ2n) is 6.11. The van der Waals surface area contributed by atoms with Crippen molar-refractivity contribution in [3.63, 3.8) is 0 Å². The Labute approximate surface area is 184 Å². The fourth-order valence-electron chi connectivity index (χ4n) is 3.15. The van der Waals surface area contributed by atoms with Crippen LogP contribution in [0.2, 0.25) is 5.15 Å². The van der Waals surface area contributed by atoms with Crippen LogP contribution in [-0.2, 0) is 24.4 Å². The van der Waals surface area contributed by atoms with Crippen LogP contribution in [-0.4, -0.2) is 20.5 Å². The predicted molar refractivity (Wildman–Crippen MR) is 103 cm³/mol. The number of hydrogen-bond acceptors (Lipinski definition) is 6. The van der Waals surface area contributed by atoms with E-state index in [1.165, 1.54) is 5.56 Å². The van der Waals surface area contributed by atoms with E-state index in [9.17, 15) is 4.79 Å². The molecule has 0 fully saturated rings. The van der Waals surface area contributed by atoms with Crippen LogP contribution in [0.25, 0.3) is 11.0 Å². The second kappa shape index (κ2) is 8.91. The molecule has 2 aromatic heterocycles. The zero-order valence-corrected chi connectivity index (χ0v) is 18.8. The maximum Gasteiger partial charge on any atom is 0.361 e. The molecule has 28 heavy (non-hydrogen) atoms.